The lowest BCUT2D eigenvalue weighted by molar-refractivity contribution is -0.0178. The van der Waals surface area contributed by atoms with Crippen LogP contribution in [-0.4, -0.2) is 48.5 Å². The first-order chi connectivity index (χ1) is 17.3. The molecule has 36 heavy (non-hydrogen) atoms. The number of hydrogen-bond acceptors (Lipinski definition) is 7. The van der Waals surface area contributed by atoms with E-state index in [0.717, 1.165) is 30.5 Å². The second-order valence-electron chi connectivity index (χ2n) is 9.54. The molecule has 1 aromatic carbocycles. The van der Waals surface area contributed by atoms with E-state index in [1.165, 1.54) is 10.6 Å². The number of hydrogen-bond donors (Lipinski definition) is 0. The first-order valence-corrected chi connectivity index (χ1v) is 11.9. The Kier molecular flexibility index (Phi) is 5.32. The summed E-state index contributed by atoms with van der Waals surface area (Å²) in [5.41, 5.74) is 1.03. The Balaban J connectivity index is 1.47. The van der Waals surface area contributed by atoms with Crippen molar-refractivity contribution >= 4 is 17.0 Å². The molecule has 1 saturated heterocycles. The Morgan fingerprint density at radius 1 is 1.08 bits per heavy atom. The number of fused-ring (bicyclic) bond motifs is 1. The molecule has 1 aliphatic carbocycles. The molecule has 186 valence electrons. The van der Waals surface area contributed by atoms with Crippen molar-refractivity contribution in [1.29, 1.82) is 0 Å². The van der Waals surface area contributed by atoms with Crippen molar-refractivity contribution in [2.45, 2.75) is 44.9 Å². The summed E-state index contributed by atoms with van der Waals surface area (Å²) in [7, 11) is 1.61. The van der Waals surface area contributed by atoms with Crippen LogP contribution in [0.15, 0.2) is 35.4 Å². The highest BCUT2D eigenvalue weighted by Crippen LogP contribution is 2.36. The van der Waals surface area contributed by atoms with E-state index in [1.807, 2.05) is 28.9 Å². The second kappa shape index (κ2) is 8.44. The van der Waals surface area contributed by atoms with Gasteiger partial charge in [0, 0.05) is 37.0 Å². The summed E-state index contributed by atoms with van der Waals surface area (Å²) in [5, 5.41) is 4.48. The van der Waals surface area contributed by atoms with E-state index in [-0.39, 0.29) is 46.0 Å². The lowest BCUT2D eigenvalue weighted by atomic mass is 10.1. The van der Waals surface area contributed by atoms with Crippen molar-refractivity contribution in [3.05, 3.63) is 64.0 Å². The number of anilines is 1. The van der Waals surface area contributed by atoms with Crippen LogP contribution >= 0.6 is 0 Å². The maximum atomic E-state index is 14.9. The van der Waals surface area contributed by atoms with Crippen molar-refractivity contribution < 1.29 is 13.5 Å². The molecule has 0 N–H and O–H groups in total. The number of benzene rings is 1. The summed E-state index contributed by atoms with van der Waals surface area (Å²) < 4.78 is 38.1. The van der Waals surface area contributed by atoms with Crippen LogP contribution < -0.4 is 10.5 Å². The van der Waals surface area contributed by atoms with Crippen LogP contribution in [0.1, 0.15) is 43.3 Å². The molecule has 6 rings (SSSR count). The number of ether oxygens (including phenoxy) is 1. The fourth-order valence-electron chi connectivity index (χ4n) is 4.61. The summed E-state index contributed by atoms with van der Waals surface area (Å²) in [4.78, 5) is 28.8. The smallest absolute Gasteiger partial charge is 0.279 e. The Morgan fingerprint density at radius 3 is 2.64 bits per heavy atom. The zero-order valence-electron chi connectivity index (χ0n) is 20.2. The van der Waals surface area contributed by atoms with E-state index in [2.05, 4.69) is 20.1 Å². The molecular formula is C25H25F2N7O2. The van der Waals surface area contributed by atoms with Crippen LogP contribution in [0.3, 0.4) is 0 Å². The fraction of sp³-hybridized carbons (Fsp3) is 0.400. The summed E-state index contributed by atoms with van der Waals surface area (Å²) in [5.74, 6) is -0.799. The van der Waals surface area contributed by atoms with E-state index in [0.29, 0.717) is 25.0 Å². The third kappa shape index (κ3) is 3.93. The molecule has 2 aliphatic rings. The Labute approximate surface area is 205 Å². The van der Waals surface area contributed by atoms with Crippen LogP contribution in [0.4, 0.5) is 14.7 Å². The molecular weight excluding hydrogens is 468 g/mol. The predicted octanol–water partition coefficient (Wildman–Crippen LogP) is 3.47. The van der Waals surface area contributed by atoms with Crippen molar-refractivity contribution in [3.8, 4) is 11.3 Å². The normalized spacial score (nSPS) is 20.3. The van der Waals surface area contributed by atoms with Crippen molar-refractivity contribution in [2.24, 2.45) is 7.05 Å². The number of rotatable bonds is 4. The highest BCUT2D eigenvalue weighted by Gasteiger charge is 2.32. The molecule has 2 atom stereocenters. The van der Waals surface area contributed by atoms with E-state index in [1.54, 1.807) is 14.0 Å². The number of aromatic nitrogens is 6. The molecule has 4 heterocycles. The number of halogens is 2. The third-order valence-electron chi connectivity index (χ3n) is 6.78. The second-order valence-corrected chi connectivity index (χ2v) is 9.54. The van der Waals surface area contributed by atoms with Crippen LogP contribution in [-0.2, 0) is 11.8 Å². The maximum absolute atomic E-state index is 14.9. The minimum Gasteiger partial charge on any atom is -0.367 e. The lowest BCUT2D eigenvalue weighted by Crippen LogP contribution is -2.43. The van der Waals surface area contributed by atoms with Gasteiger partial charge in [0.2, 0.25) is 5.95 Å². The number of aryl methyl sites for hydroxylation is 1. The van der Waals surface area contributed by atoms with E-state index < -0.39 is 11.6 Å². The Morgan fingerprint density at radius 2 is 1.89 bits per heavy atom. The largest absolute Gasteiger partial charge is 0.367 e. The minimum absolute atomic E-state index is 0.0498. The maximum Gasteiger partial charge on any atom is 0.279 e. The fourth-order valence-corrected chi connectivity index (χ4v) is 4.61. The standard InChI is InChI=1S/C25H25F2N7O2/c1-13-10-33(12-20(36-13)15-9-28-34(11-15)17-5-6-17)25-30-21(18-7-4-16(26)8-19(18)27)22-23(31-25)24(35)32(3)14(2)29-22/h4,7-9,11,13,17,20H,5-6,10,12H2,1-3H3. The van der Waals surface area contributed by atoms with Crippen LogP contribution in [0.25, 0.3) is 22.3 Å². The highest BCUT2D eigenvalue weighted by atomic mass is 19.1. The van der Waals surface area contributed by atoms with Crippen LogP contribution in [0, 0.1) is 18.6 Å². The molecule has 0 spiro atoms. The van der Waals surface area contributed by atoms with Gasteiger partial charge in [0.25, 0.3) is 5.56 Å². The van der Waals surface area contributed by atoms with E-state index in [4.69, 9.17) is 4.74 Å². The van der Waals surface area contributed by atoms with Crippen molar-refractivity contribution in [3.63, 3.8) is 0 Å². The molecule has 0 radical (unpaired) electrons. The average Bonchev–Trinajstić information content (AvgIpc) is 3.58. The summed E-state index contributed by atoms with van der Waals surface area (Å²) >= 11 is 0. The van der Waals surface area contributed by atoms with Gasteiger partial charge in [-0.15, -0.1) is 0 Å². The SMILES string of the molecule is Cc1nc2c(-c3ccc(F)cc3F)nc(N3CC(C)OC(c4cnn(C5CC5)c4)C3)nc2c(=O)n1C. The summed E-state index contributed by atoms with van der Waals surface area (Å²) in [6, 6.07) is 3.72. The summed E-state index contributed by atoms with van der Waals surface area (Å²) in [6.07, 6.45) is 5.67. The summed E-state index contributed by atoms with van der Waals surface area (Å²) in [6.45, 7) is 4.53. The zero-order chi connectivity index (χ0) is 25.1. The van der Waals surface area contributed by atoms with Gasteiger partial charge < -0.3 is 9.64 Å². The monoisotopic (exact) mass is 493 g/mol. The molecule has 4 aromatic rings. The molecule has 1 aliphatic heterocycles. The van der Waals surface area contributed by atoms with Gasteiger partial charge >= 0.3 is 0 Å². The number of morpholine rings is 1. The quantitative estimate of drug-likeness (QED) is 0.430. The van der Waals surface area contributed by atoms with Crippen molar-refractivity contribution in [1.82, 2.24) is 29.3 Å². The minimum atomic E-state index is -0.790. The first kappa shape index (κ1) is 22.7. The molecule has 2 unspecified atom stereocenters. The Hall–Kier alpha value is -3.73. The van der Waals surface area contributed by atoms with Gasteiger partial charge in [-0.25, -0.2) is 23.7 Å². The topological polar surface area (TPSA) is 91.0 Å². The average molecular weight is 494 g/mol. The third-order valence-corrected chi connectivity index (χ3v) is 6.78. The van der Waals surface area contributed by atoms with E-state index >= 15 is 0 Å². The molecule has 2 fully saturated rings. The van der Waals surface area contributed by atoms with Gasteiger partial charge in [-0.1, -0.05) is 0 Å². The molecule has 9 nitrogen and oxygen atoms in total. The lowest BCUT2D eigenvalue weighted by Gasteiger charge is -2.36. The van der Waals surface area contributed by atoms with Gasteiger partial charge in [0.05, 0.1) is 24.9 Å². The van der Waals surface area contributed by atoms with Gasteiger partial charge in [0.15, 0.2) is 5.52 Å². The molecule has 0 bridgehead atoms. The van der Waals surface area contributed by atoms with Crippen molar-refractivity contribution in [2.75, 3.05) is 18.0 Å². The van der Waals surface area contributed by atoms with Gasteiger partial charge in [-0.05, 0) is 38.8 Å². The molecule has 0 amide bonds. The first-order valence-electron chi connectivity index (χ1n) is 11.9. The Bertz CT molecular complexity index is 1550. The zero-order valence-corrected chi connectivity index (χ0v) is 20.2. The van der Waals surface area contributed by atoms with Gasteiger partial charge in [0.1, 0.15) is 34.8 Å². The van der Waals surface area contributed by atoms with Crippen LogP contribution in [0.5, 0.6) is 0 Å². The molecule has 11 heteroatoms. The highest BCUT2D eigenvalue weighted by molar-refractivity contribution is 5.89. The van der Waals surface area contributed by atoms with Crippen LogP contribution in [0.2, 0.25) is 0 Å². The predicted molar refractivity (Wildman–Crippen MR) is 129 cm³/mol. The molecule has 3 aromatic heterocycles. The van der Waals surface area contributed by atoms with Gasteiger partial charge in [-0.3, -0.25) is 14.0 Å². The molecule has 1 saturated carbocycles. The number of nitrogens with zero attached hydrogens (tertiary/aromatic N) is 7. The van der Waals surface area contributed by atoms with E-state index in [9.17, 15) is 13.6 Å². The van der Waals surface area contributed by atoms with Gasteiger partial charge in [-0.2, -0.15) is 5.10 Å².